The van der Waals surface area contributed by atoms with Gasteiger partial charge in [-0.15, -0.1) is 0 Å². The molecule has 2 N–H and O–H groups in total. The third-order valence-corrected chi connectivity index (χ3v) is 4.11. The molecule has 3 rings (SSSR count). The fourth-order valence-corrected chi connectivity index (χ4v) is 2.80. The molecular formula is C14H21N3O. The van der Waals surface area contributed by atoms with Gasteiger partial charge in [-0.1, -0.05) is 0 Å². The normalized spacial score (nSPS) is 24.6. The van der Waals surface area contributed by atoms with Crippen molar-refractivity contribution < 1.29 is 4.79 Å². The zero-order valence-electron chi connectivity index (χ0n) is 10.7. The van der Waals surface area contributed by atoms with Gasteiger partial charge in [-0.25, -0.2) is 0 Å². The summed E-state index contributed by atoms with van der Waals surface area (Å²) < 4.78 is 2.15. The van der Waals surface area contributed by atoms with Crippen molar-refractivity contribution in [1.82, 2.24) is 15.2 Å². The molecule has 1 aromatic rings. The Morgan fingerprint density at radius 2 is 2.22 bits per heavy atom. The van der Waals surface area contributed by atoms with Crippen molar-refractivity contribution in [1.29, 1.82) is 0 Å². The maximum atomic E-state index is 12.3. The maximum absolute atomic E-state index is 12.3. The van der Waals surface area contributed by atoms with Crippen LogP contribution in [0.4, 0.5) is 0 Å². The minimum absolute atomic E-state index is 0.0839. The molecule has 1 aromatic heterocycles. The molecular weight excluding hydrogens is 226 g/mol. The summed E-state index contributed by atoms with van der Waals surface area (Å²) in [5, 5.41) is 6.47. The van der Waals surface area contributed by atoms with Crippen LogP contribution in [0.1, 0.15) is 48.6 Å². The Morgan fingerprint density at radius 3 is 2.89 bits per heavy atom. The van der Waals surface area contributed by atoms with E-state index in [1.807, 2.05) is 18.3 Å². The molecule has 1 aliphatic heterocycles. The van der Waals surface area contributed by atoms with Crippen LogP contribution in [-0.2, 0) is 0 Å². The van der Waals surface area contributed by atoms with Gasteiger partial charge in [-0.05, 0) is 50.8 Å². The number of rotatable bonds is 3. The minimum atomic E-state index is 0.0839. The highest BCUT2D eigenvalue weighted by molar-refractivity contribution is 5.93. The molecule has 4 heteroatoms. The van der Waals surface area contributed by atoms with E-state index < -0.39 is 0 Å². The molecule has 0 radical (unpaired) electrons. The van der Waals surface area contributed by atoms with E-state index in [9.17, 15) is 4.79 Å². The van der Waals surface area contributed by atoms with Crippen LogP contribution in [-0.4, -0.2) is 29.6 Å². The highest BCUT2D eigenvalue weighted by atomic mass is 16.2. The first-order valence-electron chi connectivity index (χ1n) is 7.03. The second kappa shape index (κ2) is 5.14. The lowest BCUT2D eigenvalue weighted by Gasteiger charge is -2.29. The molecule has 2 aliphatic rings. The van der Waals surface area contributed by atoms with Crippen molar-refractivity contribution in [3.63, 3.8) is 0 Å². The van der Waals surface area contributed by atoms with Gasteiger partial charge in [0.05, 0.1) is 0 Å². The van der Waals surface area contributed by atoms with E-state index >= 15 is 0 Å². The number of amides is 1. The number of carbonyl (C=O) groups is 1. The van der Waals surface area contributed by atoms with Crippen LogP contribution in [0.25, 0.3) is 0 Å². The van der Waals surface area contributed by atoms with Gasteiger partial charge in [0, 0.05) is 24.8 Å². The highest BCUT2D eigenvalue weighted by Gasteiger charge is 2.24. The summed E-state index contributed by atoms with van der Waals surface area (Å²) in [7, 11) is 0. The molecule has 1 saturated carbocycles. The Morgan fingerprint density at radius 1 is 1.33 bits per heavy atom. The van der Waals surface area contributed by atoms with E-state index in [-0.39, 0.29) is 11.9 Å². The fraction of sp³-hybridized carbons (Fsp3) is 0.643. The summed E-state index contributed by atoms with van der Waals surface area (Å²) in [6.07, 6.45) is 7.98. The zero-order chi connectivity index (χ0) is 12.4. The van der Waals surface area contributed by atoms with Crippen LogP contribution >= 0.6 is 0 Å². The molecule has 2 heterocycles. The van der Waals surface area contributed by atoms with Crippen LogP contribution in [0.15, 0.2) is 18.3 Å². The first-order valence-corrected chi connectivity index (χ1v) is 7.03. The van der Waals surface area contributed by atoms with Crippen LogP contribution in [0.3, 0.4) is 0 Å². The lowest BCUT2D eigenvalue weighted by atomic mass is 9.93. The Labute approximate surface area is 108 Å². The molecule has 1 saturated heterocycles. The first kappa shape index (κ1) is 11.8. The molecule has 1 atom stereocenters. The monoisotopic (exact) mass is 247 g/mol. The number of hydrogen-bond donors (Lipinski definition) is 2. The predicted octanol–water partition coefficient (Wildman–Crippen LogP) is 1.69. The molecule has 0 bridgehead atoms. The molecule has 0 spiro atoms. The van der Waals surface area contributed by atoms with Gasteiger partial charge in [0.2, 0.25) is 0 Å². The molecule has 18 heavy (non-hydrogen) atoms. The van der Waals surface area contributed by atoms with Crippen molar-refractivity contribution >= 4 is 5.91 Å². The number of carbonyl (C=O) groups excluding carboxylic acids is 1. The van der Waals surface area contributed by atoms with Crippen LogP contribution in [0.2, 0.25) is 0 Å². The summed E-state index contributed by atoms with van der Waals surface area (Å²) in [6.45, 7) is 1.97. The van der Waals surface area contributed by atoms with Crippen LogP contribution < -0.4 is 10.6 Å². The van der Waals surface area contributed by atoms with Gasteiger partial charge in [0.25, 0.3) is 5.91 Å². The quantitative estimate of drug-likeness (QED) is 0.854. The van der Waals surface area contributed by atoms with Crippen molar-refractivity contribution in [3.05, 3.63) is 24.0 Å². The Balaban J connectivity index is 1.66. The average Bonchev–Trinajstić information content (AvgIpc) is 2.77. The van der Waals surface area contributed by atoms with E-state index in [1.165, 1.54) is 19.3 Å². The van der Waals surface area contributed by atoms with Crippen molar-refractivity contribution in [3.8, 4) is 0 Å². The number of hydrogen-bond acceptors (Lipinski definition) is 2. The standard InChI is InChI=1S/C14H21N3O/c18-14(16-11-4-2-8-15-10-11)13-7-3-9-17(13)12-5-1-6-12/h3,7,9,11-12,15H,1-2,4-6,8,10H2,(H,16,18). The van der Waals surface area contributed by atoms with Gasteiger partial charge in [-0.2, -0.15) is 0 Å². The summed E-state index contributed by atoms with van der Waals surface area (Å²) in [4.78, 5) is 12.3. The lowest BCUT2D eigenvalue weighted by molar-refractivity contribution is 0.0915. The van der Waals surface area contributed by atoms with Gasteiger partial charge < -0.3 is 15.2 Å². The van der Waals surface area contributed by atoms with Crippen molar-refractivity contribution in [2.75, 3.05) is 13.1 Å². The Bertz CT molecular complexity index is 416. The highest BCUT2D eigenvalue weighted by Crippen LogP contribution is 2.32. The number of piperidine rings is 1. The Kier molecular flexibility index (Phi) is 3.37. The summed E-state index contributed by atoms with van der Waals surface area (Å²) in [5.74, 6) is 0.0839. The van der Waals surface area contributed by atoms with Gasteiger partial charge in [0.1, 0.15) is 5.69 Å². The lowest BCUT2D eigenvalue weighted by Crippen LogP contribution is -2.46. The summed E-state index contributed by atoms with van der Waals surface area (Å²) >= 11 is 0. The minimum Gasteiger partial charge on any atom is -0.347 e. The average molecular weight is 247 g/mol. The molecule has 1 unspecified atom stereocenters. The first-order chi connectivity index (χ1) is 8.84. The van der Waals surface area contributed by atoms with E-state index in [0.717, 1.165) is 31.6 Å². The van der Waals surface area contributed by atoms with Gasteiger partial charge in [-0.3, -0.25) is 4.79 Å². The number of nitrogens with one attached hydrogen (secondary N) is 2. The molecule has 98 valence electrons. The van der Waals surface area contributed by atoms with Crippen molar-refractivity contribution in [2.24, 2.45) is 0 Å². The predicted molar refractivity (Wildman–Crippen MR) is 70.7 cm³/mol. The van der Waals surface area contributed by atoms with E-state index in [0.29, 0.717) is 6.04 Å². The largest absolute Gasteiger partial charge is 0.347 e. The fourth-order valence-electron chi connectivity index (χ4n) is 2.80. The summed E-state index contributed by atoms with van der Waals surface area (Å²) in [5.41, 5.74) is 0.824. The van der Waals surface area contributed by atoms with E-state index in [4.69, 9.17) is 0 Å². The third kappa shape index (κ3) is 2.29. The van der Waals surface area contributed by atoms with E-state index in [2.05, 4.69) is 15.2 Å². The van der Waals surface area contributed by atoms with Crippen molar-refractivity contribution in [2.45, 2.75) is 44.2 Å². The second-order valence-electron chi connectivity index (χ2n) is 5.40. The van der Waals surface area contributed by atoms with Crippen LogP contribution in [0, 0.1) is 0 Å². The number of nitrogens with zero attached hydrogens (tertiary/aromatic N) is 1. The van der Waals surface area contributed by atoms with E-state index in [1.54, 1.807) is 0 Å². The van der Waals surface area contributed by atoms with Crippen LogP contribution in [0.5, 0.6) is 0 Å². The molecule has 2 fully saturated rings. The topological polar surface area (TPSA) is 46.1 Å². The molecule has 0 aromatic carbocycles. The zero-order valence-corrected chi connectivity index (χ0v) is 10.7. The summed E-state index contributed by atoms with van der Waals surface area (Å²) in [6, 6.07) is 4.75. The smallest absolute Gasteiger partial charge is 0.268 e. The molecule has 1 aliphatic carbocycles. The second-order valence-corrected chi connectivity index (χ2v) is 5.40. The molecule has 1 amide bonds. The number of aromatic nitrogens is 1. The van der Waals surface area contributed by atoms with Gasteiger partial charge in [0.15, 0.2) is 0 Å². The van der Waals surface area contributed by atoms with Gasteiger partial charge >= 0.3 is 0 Å². The third-order valence-electron chi connectivity index (χ3n) is 4.11. The Hall–Kier alpha value is -1.29. The maximum Gasteiger partial charge on any atom is 0.268 e. The molecule has 4 nitrogen and oxygen atoms in total. The SMILES string of the molecule is O=C(NC1CCCNC1)c1cccn1C1CCC1.